The fourth-order valence-electron chi connectivity index (χ4n) is 3.02. The van der Waals surface area contributed by atoms with Gasteiger partial charge in [0.25, 0.3) is 0 Å². The lowest BCUT2D eigenvalue weighted by molar-refractivity contribution is -0.128. The molecule has 1 aromatic heterocycles. The molecule has 1 aromatic carbocycles. The van der Waals surface area contributed by atoms with Gasteiger partial charge in [0.05, 0.1) is 5.75 Å². The Morgan fingerprint density at radius 2 is 1.93 bits per heavy atom. The van der Waals surface area contributed by atoms with Gasteiger partial charge >= 0.3 is 5.69 Å². The number of thioether (sulfide) groups is 1. The van der Waals surface area contributed by atoms with Crippen LogP contribution >= 0.6 is 11.8 Å². The topological polar surface area (TPSA) is 94.5 Å². The average Bonchev–Trinajstić information content (AvgIpc) is 3.04. The second-order valence-electron chi connectivity index (χ2n) is 6.49. The summed E-state index contributed by atoms with van der Waals surface area (Å²) in [4.78, 5) is 28.4. The fourth-order valence-corrected chi connectivity index (χ4v) is 3.90. The molecular weight excluding hydrogens is 366 g/mol. The summed E-state index contributed by atoms with van der Waals surface area (Å²) in [5.74, 6) is 0.582. The van der Waals surface area contributed by atoms with E-state index in [0.717, 1.165) is 31.6 Å². The van der Waals surface area contributed by atoms with E-state index in [2.05, 4.69) is 22.0 Å². The van der Waals surface area contributed by atoms with Crippen molar-refractivity contribution >= 4 is 23.4 Å². The van der Waals surface area contributed by atoms with Gasteiger partial charge in [-0.05, 0) is 30.7 Å². The zero-order valence-corrected chi connectivity index (χ0v) is 16.2. The maximum Gasteiger partial charge on any atom is 0.343 e. The van der Waals surface area contributed by atoms with Crippen LogP contribution in [-0.4, -0.2) is 62.6 Å². The van der Waals surface area contributed by atoms with Gasteiger partial charge in [0.15, 0.2) is 5.16 Å². The molecule has 1 aliphatic rings. The number of nitrogens with zero attached hydrogens (tertiary/aromatic N) is 4. The number of aromatic nitrogens is 3. The predicted molar refractivity (Wildman–Crippen MR) is 105 cm³/mol. The van der Waals surface area contributed by atoms with E-state index in [-0.39, 0.29) is 23.1 Å². The van der Waals surface area contributed by atoms with Crippen LogP contribution in [0.5, 0.6) is 5.75 Å². The minimum atomic E-state index is -0.221. The molecule has 9 heteroatoms. The van der Waals surface area contributed by atoms with Crippen molar-refractivity contribution in [2.24, 2.45) is 0 Å². The van der Waals surface area contributed by atoms with E-state index in [1.165, 1.54) is 11.8 Å². The number of aromatic hydroxyl groups is 1. The minimum absolute atomic E-state index is 0.0582. The second-order valence-corrected chi connectivity index (χ2v) is 7.43. The first-order valence-corrected chi connectivity index (χ1v) is 10.2. The zero-order chi connectivity index (χ0) is 19.2. The summed E-state index contributed by atoms with van der Waals surface area (Å²) in [5.41, 5.74) is 0.826. The Kier molecular flexibility index (Phi) is 6.44. The molecule has 0 bridgehead atoms. The highest BCUT2D eigenvalue weighted by atomic mass is 32.2. The lowest BCUT2D eigenvalue weighted by Crippen LogP contribution is -2.49. The van der Waals surface area contributed by atoms with Crippen molar-refractivity contribution < 1.29 is 9.90 Å². The Morgan fingerprint density at radius 3 is 2.59 bits per heavy atom. The summed E-state index contributed by atoms with van der Waals surface area (Å²) in [7, 11) is 0. The number of hydrogen-bond acceptors (Lipinski definition) is 6. The third kappa shape index (κ3) is 4.85. The first-order chi connectivity index (χ1) is 13.1. The normalized spacial score (nSPS) is 14.6. The van der Waals surface area contributed by atoms with Gasteiger partial charge in [-0.2, -0.15) is 0 Å². The quantitative estimate of drug-likeness (QED) is 0.695. The van der Waals surface area contributed by atoms with Crippen molar-refractivity contribution in [2.75, 3.05) is 36.8 Å². The van der Waals surface area contributed by atoms with Crippen molar-refractivity contribution in [1.29, 1.82) is 0 Å². The third-order valence-electron chi connectivity index (χ3n) is 4.63. The van der Waals surface area contributed by atoms with Gasteiger partial charge in [-0.25, -0.2) is 9.89 Å². The van der Waals surface area contributed by atoms with Crippen molar-refractivity contribution in [3.63, 3.8) is 0 Å². The molecule has 1 saturated heterocycles. The van der Waals surface area contributed by atoms with Gasteiger partial charge in [0.2, 0.25) is 5.91 Å². The van der Waals surface area contributed by atoms with Gasteiger partial charge in [0.1, 0.15) is 5.75 Å². The largest absolute Gasteiger partial charge is 0.508 e. The van der Waals surface area contributed by atoms with Crippen LogP contribution in [0, 0.1) is 0 Å². The maximum atomic E-state index is 12.5. The van der Waals surface area contributed by atoms with Crippen molar-refractivity contribution in [2.45, 2.75) is 31.5 Å². The Labute approximate surface area is 162 Å². The number of nitrogens with one attached hydrogen (secondary N) is 1. The number of carbonyl (C=O) groups excluding carboxylic acids is 1. The molecule has 0 spiro atoms. The SMILES string of the molecule is CCCCn1c(SCC(=O)N2CCN(c3ccc(O)cc3)CC2)n[nH]c1=O. The summed E-state index contributed by atoms with van der Waals surface area (Å²) < 4.78 is 1.60. The Hall–Kier alpha value is -2.42. The smallest absolute Gasteiger partial charge is 0.343 e. The molecule has 2 heterocycles. The number of phenolic OH excluding ortho intramolecular Hbond substituents is 1. The maximum absolute atomic E-state index is 12.5. The van der Waals surface area contributed by atoms with Gasteiger partial charge in [-0.3, -0.25) is 9.36 Å². The van der Waals surface area contributed by atoms with Gasteiger partial charge in [-0.1, -0.05) is 25.1 Å². The summed E-state index contributed by atoms with van der Waals surface area (Å²) >= 11 is 1.31. The summed E-state index contributed by atoms with van der Waals surface area (Å²) in [6, 6.07) is 7.11. The predicted octanol–water partition coefficient (Wildman–Crippen LogP) is 1.52. The van der Waals surface area contributed by atoms with Crippen LogP contribution in [0.15, 0.2) is 34.2 Å². The van der Waals surface area contributed by atoms with Crippen molar-refractivity contribution in [3.8, 4) is 5.75 Å². The molecule has 8 nitrogen and oxygen atoms in total. The van der Waals surface area contributed by atoms with Crippen LogP contribution in [0.3, 0.4) is 0 Å². The molecular formula is C18H25N5O3S. The number of unbranched alkanes of at least 4 members (excludes halogenated alkanes) is 1. The molecule has 27 heavy (non-hydrogen) atoms. The zero-order valence-electron chi connectivity index (χ0n) is 15.4. The number of phenols is 1. The van der Waals surface area contributed by atoms with Gasteiger partial charge < -0.3 is 14.9 Å². The van der Waals surface area contributed by atoms with Crippen LogP contribution in [0.25, 0.3) is 0 Å². The van der Waals surface area contributed by atoms with Crippen LogP contribution in [0.1, 0.15) is 19.8 Å². The Morgan fingerprint density at radius 1 is 1.22 bits per heavy atom. The highest BCUT2D eigenvalue weighted by Crippen LogP contribution is 2.20. The number of hydrogen-bond donors (Lipinski definition) is 2. The standard InChI is InChI=1S/C18H25N5O3S/c1-2-3-8-23-17(26)19-20-18(23)27-13-16(25)22-11-9-21(10-12-22)14-4-6-15(24)7-5-14/h4-7,24H,2-3,8-13H2,1H3,(H,19,26). The lowest BCUT2D eigenvalue weighted by atomic mass is 10.2. The Balaban J connectivity index is 1.50. The first-order valence-electron chi connectivity index (χ1n) is 9.18. The fraction of sp³-hybridized carbons (Fsp3) is 0.500. The Bertz CT molecular complexity index is 809. The monoisotopic (exact) mass is 391 g/mol. The summed E-state index contributed by atoms with van der Waals surface area (Å²) in [6.45, 7) is 5.51. The molecule has 1 fully saturated rings. The molecule has 0 radical (unpaired) electrons. The number of carbonyl (C=O) groups is 1. The van der Waals surface area contributed by atoms with E-state index < -0.39 is 0 Å². The highest BCUT2D eigenvalue weighted by molar-refractivity contribution is 7.99. The molecule has 3 rings (SSSR count). The number of rotatable bonds is 7. The number of benzene rings is 1. The van der Waals surface area contributed by atoms with Crippen LogP contribution in [0.4, 0.5) is 5.69 Å². The molecule has 0 unspecified atom stereocenters. The number of piperazine rings is 1. The second kappa shape index (κ2) is 8.98. The molecule has 1 amide bonds. The molecule has 0 atom stereocenters. The molecule has 2 aromatic rings. The molecule has 1 aliphatic heterocycles. The average molecular weight is 391 g/mol. The third-order valence-corrected chi connectivity index (χ3v) is 5.59. The van der Waals surface area contributed by atoms with Crippen molar-refractivity contribution in [3.05, 3.63) is 34.7 Å². The van der Waals surface area contributed by atoms with Crippen molar-refractivity contribution in [1.82, 2.24) is 19.7 Å². The number of aromatic amines is 1. The minimum Gasteiger partial charge on any atom is -0.508 e. The lowest BCUT2D eigenvalue weighted by Gasteiger charge is -2.36. The van der Waals surface area contributed by atoms with E-state index >= 15 is 0 Å². The molecule has 0 aliphatic carbocycles. The van der Waals surface area contributed by atoms with E-state index in [0.29, 0.717) is 24.8 Å². The van der Waals surface area contributed by atoms with E-state index in [1.54, 1.807) is 16.7 Å². The van der Waals surface area contributed by atoms with Crippen LogP contribution in [0.2, 0.25) is 0 Å². The van der Waals surface area contributed by atoms with E-state index in [1.807, 2.05) is 17.0 Å². The van der Waals surface area contributed by atoms with Crippen LogP contribution < -0.4 is 10.6 Å². The number of H-pyrrole nitrogens is 1. The van der Waals surface area contributed by atoms with E-state index in [9.17, 15) is 14.7 Å². The highest BCUT2D eigenvalue weighted by Gasteiger charge is 2.22. The number of anilines is 1. The molecule has 2 N–H and O–H groups in total. The molecule has 146 valence electrons. The first kappa shape index (κ1) is 19.3. The van der Waals surface area contributed by atoms with Gasteiger partial charge in [0, 0.05) is 38.4 Å². The number of amides is 1. The molecule has 0 saturated carbocycles. The van der Waals surface area contributed by atoms with E-state index in [4.69, 9.17) is 0 Å². The van der Waals surface area contributed by atoms with Gasteiger partial charge in [-0.15, -0.1) is 5.10 Å². The van der Waals surface area contributed by atoms with Crippen LogP contribution in [-0.2, 0) is 11.3 Å². The summed E-state index contributed by atoms with van der Waals surface area (Å²) in [6.07, 6.45) is 1.89. The summed E-state index contributed by atoms with van der Waals surface area (Å²) in [5, 5.41) is 16.5.